The summed E-state index contributed by atoms with van der Waals surface area (Å²) in [5.74, 6) is -7.65. The standard InChI is InChI=1S/C32H22F4O4/c33-23-13-17(5-9-27(23)37)31(18-6-10-28(38)24(34)14-18)21-3-1-2-4-22(21)32(19-7-11-29(39)25(35)15-19)20-8-12-30(40)26(36)16-20/h1-16,31-32,37-40H. The fourth-order valence-electron chi connectivity index (χ4n) is 4.95. The summed E-state index contributed by atoms with van der Waals surface area (Å²) in [5, 5.41) is 39.2. The highest BCUT2D eigenvalue weighted by Crippen LogP contribution is 2.43. The third-order valence-electron chi connectivity index (χ3n) is 6.84. The summed E-state index contributed by atoms with van der Waals surface area (Å²) in [7, 11) is 0. The third-order valence-corrected chi connectivity index (χ3v) is 6.84. The van der Waals surface area contributed by atoms with Gasteiger partial charge in [-0.15, -0.1) is 0 Å². The highest BCUT2D eigenvalue weighted by Gasteiger charge is 2.28. The second kappa shape index (κ2) is 10.6. The van der Waals surface area contributed by atoms with Crippen LogP contribution in [0.2, 0.25) is 0 Å². The van der Waals surface area contributed by atoms with E-state index in [0.717, 1.165) is 24.3 Å². The van der Waals surface area contributed by atoms with Crippen molar-refractivity contribution in [1.82, 2.24) is 0 Å². The first kappa shape index (κ1) is 26.6. The summed E-state index contributed by atoms with van der Waals surface area (Å²) < 4.78 is 58.3. The molecule has 4 N–H and O–H groups in total. The van der Waals surface area contributed by atoms with Gasteiger partial charge in [0, 0.05) is 11.8 Å². The Morgan fingerprint density at radius 3 is 0.850 bits per heavy atom. The molecule has 0 atom stereocenters. The number of aromatic hydroxyl groups is 4. The monoisotopic (exact) mass is 546 g/mol. The summed E-state index contributed by atoms with van der Waals surface area (Å²) in [6.45, 7) is 0. The maximum Gasteiger partial charge on any atom is 0.165 e. The van der Waals surface area contributed by atoms with Gasteiger partial charge >= 0.3 is 0 Å². The Labute approximate surface area is 226 Å². The summed E-state index contributed by atoms with van der Waals surface area (Å²) in [6, 6.07) is 21.8. The van der Waals surface area contributed by atoms with Crippen LogP contribution in [0.15, 0.2) is 97.1 Å². The maximum atomic E-state index is 14.6. The molecule has 8 heteroatoms. The molecular formula is C32H22F4O4. The average molecular weight is 547 g/mol. The van der Waals surface area contributed by atoms with Crippen LogP contribution < -0.4 is 0 Å². The Bertz CT molecular complexity index is 1490. The summed E-state index contributed by atoms with van der Waals surface area (Å²) in [4.78, 5) is 0. The molecule has 0 radical (unpaired) electrons. The van der Waals surface area contributed by atoms with Crippen LogP contribution >= 0.6 is 0 Å². The Morgan fingerprint density at radius 2 is 0.625 bits per heavy atom. The van der Waals surface area contributed by atoms with E-state index in [-0.39, 0.29) is 0 Å². The van der Waals surface area contributed by atoms with E-state index in [0.29, 0.717) is 33.4 Å². The van der Waals surface area contributed by atoms with E-state index < -0.39 is 58.1 Å². The van der Waals surface area contributed by atoms with Crippen LogP contribution in [0.3, 0.4) is 0 Å². The minimum absolute atomic E-state index is 0.334. The lowest BCUT2D eigenvalue weighted by Crippen LogP contribution is -2.12. The van der Waals surface area contributed by atoms with E-state index in [2.05, 4.69) is 0 Å². The van der Waals surface area contributed by atoms with Crippen molar-refractivity contribution < 1.29 is 38.0 Å². The third kappa shape index (κ3) is 5.03. The number of phenols is 4. The zero-order valence-corrected chi connectivity index (χ0v) is 20.7. The van der Waals surface area contributed by atoms with Gasteiger partial charge in [-0.3, -0.25) is 0 Å². The second-order valence-electron chi connectivity index (χ2n) is 9.34. The number of hydrogen-bond donors (Lipinski definition) is 4. The summed E-state index contributed by atoms with van der Waals surface area (Å²) >= 11 is 0. The van der Waals surface area contributed by atoms with Gasteiger partial charge in [0.25, 0.3) is 0 Å². The van der Waals surface area contributed by atoms with Crippen LogP contribution in [-0.4, -0.2) is 20.4 Å². The molecule has 40 heavy (non-hydrogen) atoms. The zero-order chi connectivity index (χ0) is 28.6. The molecule has 0 bridgehead atoms. The van der Waals surface area contributed by atoms with Crippen LogP contribution in [-0.2, 0) is 0 Å². The second-order valence-corrected chi connectivity index (χ2v) is 9.34. The van der Waals surface area contributed by atoms with Gasteiger partial charge in [-0.1, -0.05) is 48.5 Å². The summed E-state index contributed by atoms with van der Waals surface area (Å²) in [6.07, 6.45) is 0. The van der Waals surface area contributed by atoms with Crippen molar-refractivity contribution in [3.8, 4) is 23.0 Å². The van der Waals surface area contributed by atoms with Crippen molar-refractivity contribution in [2.24, 2.45) is 0 Å². The molecule has 0 saturated heterocycles. The van der Waals surface area contributed by atoms with Gasteiger partial charge in [0.2, 0.25) is 0 Å². The summed E-state index contributed by atoms with van der Waals surface area (Å²) in [5.41, 5.74) is 2.34. The lowest BCUT2D eigenvalue weighted by atomic mass is 9.76. The van der Waals surface area contributed by atoms with E-state index in [1.807, 2.05) is 0 Å². The smallest absolute Gasteiger partial charge is 0.165 e. The molecule has 0 unspecified atom stereocenters. The van der Waals surface area contributed by atoms with Crippen LogP contribution in [0, 0.1) is 23.3 Å². The molecule has 0 aliphatic carbocycles. The van der Waals surface area contributed by atoms with E-state index >= 15 is 0 Å². The van der Waals surface area contributed by atoms with Gasteiger partial charge in [-0.25, -0.2) is 17.6 Å². The van der Waals surface area contributed by atoms with Crippen molar-refractivity contribution in [1.29, 1.82) is 0 Å². The quantitative estimate of drug-likeness (QED) is 0.132. The highest BCUT2D eigenvalue weighted by molar-refractivity contribution is 5.55. The molecule has 0 aromatic heterocycles. The van der Waals surface area contributed by atoms with Gasteiger partial charge in [0.05, 0.1) is 0 Å². The SMILES string of the molecule is Oc1ccc(C(c2ccc(O)c(F)c2)c2ccccc2C(c2ccc(O)c(F)c2)c2ccc(O)c(F)c2)cc1F. The van der Waals surface area contributed by atoms with E-state index in [9.17, 15) is 38.0 Å². The van der Waals surface area contributed by atoms with Gasteiger partial charge < -0.3 is 20.4 Å². The number of halogens is 4. The molecule has 0 aliphatic rings. The van der Waals surface area contributed by atoms with Crippen LogP contribution in [0.4, 0.5) is 17.6 Å². The Hall–Kier alpha value is -4.98. The van der Waals surface area contributed by atoms with E-state index in [1.165, 1.54) is 48.5 Å². The van der Waals surface area contributed by atoms with Gasteiger partial charge in [-0.2, -0.15) is 0 Å². The molecule has 0 fully saturated rings. The molecule has 0 amide bonds. The Morgan fingerprint density at radius 1 is 0.375 bits per heavy atom. The molecule has 0 aliphatic heterocycles. The number of hydrogen-bond acceptors (Lipinski definition) is 4. The Kier molecular flexibility index (Phi) is 7.09. The fourth-order valence-corrected chi connectivity index (χ4v) is 4.95. The normalized spacial score (nSPS) is 11.3. The molecule has 5 rings (SSSR count). The first-order valence-electron chi connectivity index (χ1n) is 12.2. The van der Waals surface area contributed by atoms with Crippen molar-refractivity contribution in [3.05, 3.63) is 154 Å². The predicted octanol–water partition coefficient (Wildman–Crippen LogP) is 7.43. The Balaban J connectivity index is 1.80. The molecule has 5 aromatic carbocycles. The lowest BCUT2D eigenvalue weighted by molar-refractivity contribution is 0.430. The topological polar surface area (TPSA) is 80.9 Å². The molecule has 4 nitrogen and oxygen atoms in total. The van der Waals surface area contributed by atoms with Crippen molar-refractivity contribution in [2.45, 2.75) is 11.8 Å². The molecule has 0 spiro atoms. The van der Waals surface area contributed by atoms with Crippen LogP contribution in [0.1, 0.15) is 45.2 Å². The first-order chi connectivity index (χ1) is 19.1. The number of phenolic OH excluding ortho intramolecular Hbond substituents is 4. The van der Waals surface area contributed by atoms with Gasteiger partial charge in [0.1, 0.15) is 0 Å². The average Bonchev–Trinajstić information content (AvgIpc) is 2.93. The molecule has 5 aromatic rings. The lowest BCUT2D eigenvalue weighted by Gasteiger charge is -2.27. The number of benzene rings is 5. The zero-order valence-electron chi connectivity index (χ0n) is 20.7. The minimum Gasteiger partial charge on any atom is -0.505 e. The van der Waals surface area contributed by atoms with Crippen molar-refractivity contribution in [2.75, 3.05) is 0 Å². The predicted molar refractivity (Wildman–Crippen MR) is 141 cm³/mol. The largest absolute Gasteiger partial charge is 0.505 e. The molecule has 0 saturated carbocycles. The van der Waals surface area contributed by atoms with Crippen LogP contribution in [0.5, 0.6) is 23.0 Å². The number of rotatable bonds is 6. The maximum absolute atomic E-state index is 14.6. The van der Waals surface area contributed by atoms with Gasteiger partial charge in [0.15, 0.2) is 46.3 Å². The fraction of sp³-hybridized carbons (Fsp3) is 0.0625. The first-order valence-corrected chi connectivity index (χ1v) is 12.2. The van der Waals surface area contributed by atoms with E-state index in [4.69, 9.17) is 0 Å². The van der Waals surface area contributed by atoms with Crippen molar-refractivity contribution >= 4 is 0 Å². The van der Waals surface area contributed by atoms with Gasteiger partial charge in [-0.05, 0) is 81.9 Å². The van der Waals surface area contributed by atoms with Crippen molar-refractivity contribution in [3.63, 3.8) is 0 Å². The highest BCUT2D eigenvalue weighted by atomic mass is 19.1. The van der Waals surface area contributed by atoms with Crippen LogP contribution in [0.25, 0.3) is 0 Å². The molecule has 0 heterocycles. The molecular weight excluding hydrogens is 524 g/mol. The minimum atomic E-state index is -0.906. The van der Waals surface area contributed by atoms with E-state index in [1.54, 1.807) is 24.3 Å². The molecule has 202 valence electrons.